The molecule has 69 valence electrons. The van der Waals surface area contributed by atoms with Crippen LogP contribution in [0, 0.1) is 6.92 Å². The highest BCUT2D eigenvalue weighted by atomic mass is 32.2. The number of aryl methyl sites for hydroxylation is 1. The normalized spacial score (nSPS) is 14.3. The van der Waals surface area contributed by atoms with Crippen LogP contribution in [0.1, 0.15) is 5.56 Å². The van der Waals surface area contributed by atoms with Gasteiger partial charge in [0.2, 0.25) is 0 Å². The van der Waals surface area contributed by atoms with E-state index in [0.717, 1.165) is 17.5 Å². The second-order valence-corrected chi connectivity index (χ2v) is 4.85. The lowest BCUT2D eigenvalue weighted by molar-refractivity contribution is 0.481. The molecular weight excluding hydrogens is 210 g/mol. The Kier molecular flexibility index (Phi) is 1.79. The zero-order valence-corrected chi connectivity index (χ0v) is 8.32. The van der Waals surface area contributed by atoms with Gasteiger partial charge in [-0.25, -0.2) is 4.72 Å². The van der Waals surface area contributed by atoms with Gasteiger partial charge in [-0.2, -0.15) is 8.42 Å². The minimum absolute atomic E-state index is 0.0579. The van der Waals surface area contributed by atoms with Gasteiger partial charge in [-0.05, 0) is 18.6 Å². The molecular formula is C7H6NO3S2. The number of rotatable bonds is 1. The molecule has 1 aromatic rings. The van der Waals surface area contributed by atoms with Crippen molar-refractivity contribution in [3.63, 3.8) is 0 Å². The van der Waals surface area contributed by atoms with Crippen molar-refractivity contribution in [3.8, 4) is 0 Å². The molecule has 0 atom stereocenters. The first kappa shape index (κ1) is 8.86. The van der Waals surface area contributed by atoms with Crippen molar-refractivity contribution in [3.05, 3.63) is 17.7 Å². The maximum atomic E-state index is 10.9. The first-order valence-electron chi connectivity index (χ1n) is 3.49. The van der Waals surface area contributed by atoms with Gasteiger partial charge in [0.1, 0.15) is 4.90 Å². The number of nitrogens with zero attached hydrogens (tertiary/aromatic N) is 1. The Morgan fingerprint density at radius 1 is 1.46 bits per heavy atom. The van der Waals surface area contributed by atoms with Crippen LogP contribution in [-0.4, -0.2) is 13.0 Å². The van der Waals surface area contributed by atoms with Crippen LogP contribution in [0.3, 0.4) is 0 Å². The molecule has 13 heavy (non-hydrogen) atoms. The molecule has 6 heteroatoms. The standard InChI is InChI=1S/C7H6NO3S2/c1-4-2-3-5-7(13(9,10)11)6(4)12-8-5/h2-3H,1H3,(H,9,10,11). The van der Waals surface area contributed by atoms with Crippen LogP contribution in [0.25, 0.3) is 0 Å². The maximum absolute atomic E-state index is 10.9. The smallest absolute Gasteiger partial charge is 0.282 e. The summed E-state index contributed by atoms with van der Waals surface area (Å²) in [5.41, 5.74) is 1.13. The number of hydrogen-bond donors (Lipinski definition) is 1. The van der Waals surface area contributed by atoms with Crippen molar-refractivity contribution >= 4 is 27.8 Å². The highest BCUT2D eigenvalue weighted by Gasteiger charge is 2.28. The Labute approximate surface area is 80.2 Å². The van der Waals surface area contributed by atoms with Gasteiger partial charge >= 0.3 is 0 Å². The summed E-state index contributed by atoms with van der Waals surface area (Å²) in [6.45, 7) is 1.78. The van der Waals surface area contributed by atoms with E-state index in [1.165, 1.54) is 0 Å². The Balaban J connectivity index is 2.81. The zero-order valence-electron chi connectivity index (χ0n) is 6.68. The van der Waals surface area contributed by atoms with Gasteiger partial charge in [0.15, 0.2) is 0 Å². The fraction of sp³-hybridized carbons (Fsp3) is 0.143. The van der Waals surface area contributed by atoms with Gasteiger partial charge in [0, 0.05) is 11.9 Å². The lowest BCUT2D eigenvalue weighted by Crippen LogP contribution is -1.99. The summed E-state index contributed by atoms with van der Waals surface area (Å²) in [5.74, 6) is 0. The van der Waals surface area contributed by atoms with Crippen LogP contribution in [0.4, 0.5) is 5.69 Å². The van der Waals surface area contributed by atoms with Gasteiger partial charge < -0.3 is 0 Å². The van der Waals surface area contributed by atoms with E-state index in [2.05, 4.69) is 4.72 Å². The van der Waals surface area contributed by atoms with Crippen molar-refractivity contribution in [2.45, 2.75) is 16.7 Å². The predicted octanol–water partition coefficient (Wildman–Crippen LogP) is 1.50. The Morgan fingerprint density at radius 3 is 2.69 bits per heavy atom. The highest BCUT2D eigenvalue weighted by molar-refractivity contribution is 7.99. The molecule has 0 amide bonds. The molecule has 1 heterocycles. The minimum atomic E-state index is -4.14. The van der Waals surface area contributed by atoms with E-state index in [0.29, 0.717) is 10.6 Å². The quantitative estimate of drug-likeness (QED) is 0.570. The van der Waals surface area contributed by atoms with Gasteiger partial charge in [-0.1, -0.05) is 6.07 Å². The van der Waals surface area contributed by atoms with Crippen LogP contribution >= 0.6 is 11.9 Å². The molecule has 0 aliphatic carbocycles. The molecule has 1 radical (unpaired) electrons. The molecule has 0 fully saturated rings. The largest absolute Gasteiger partial charge is 0.297 e. The van der Waals surface area contributed by atoms with Crippen molar-refractivity contribution in [2.24, 2.45) is 0 Å². The molecule has 0 spiro atoms. The van der Waals surface area contributed by atoms with Crippen molar-refractivity contribution in [2.75, 3.05) is 0 Å². The summed E-state index contributed by atoms with van der Waals surface area (Å²) in [4.78, 5) is 0.470. The topological polar surface area (TPSA) is 68.5 Å². The molecule has 0 aromatic heterocycles. The molecule has 1 aliphatic heterocycles. The summed E-state index contributed by atoms with van der Waals surface area (Å²) in [6, 6.07) is 3.37. The molecule has 0 unspecified atom stereocenters. The third-order valence-electron chi connectivity index (χ3n) is 1.78. The summed E-state index contributed by atoms with van der Waals surface area (Å²) in [7, 11) is -4.14. The van der Waals surface area contributed by atoms with Crippen LogP contribution in [0.5, 0.6) is 0 Å². The lowest BCUT2D eigenvalue weighted by atomic mass is 10.2. The summed E-state index contributed by atoms with van der Waals surface area (Å²) in [6.07, 6.45) is 0. The third kappa shape index (κ3) is 1.31. The molecule has 0 saturated heterocycles. The molecule has 2 bridgehead atoms. The van der Waals surface area contributed by atoms with E-state index >= 15 is 0 Å². The Morgan fingerprint density at radius 2 is 2.15 bits per heavy atom. The van der Waals surface area contributed by atoms with Crippen LogP contribution in [0.2, 0.25) is 0 Å². The SMILES string of the molecule is Cc1ccc2c(S(=O)(=O)O)c1S[N]2. The zero-order chi connectivity index (χ0) is 9.64. The molecule has 1 aromatic carbocycles. The van der Waals surface area contributed by atoms with Gasteiger partial charge in [0.25, 0.3) is 10.1 Å². The van der Waals surface area contributed by atoms with Gasteiger partial charge in [-0.3, -0.25) is 4.55 Å². The van der Waals surface area contributed by atoms with Crippen molar-refractivity contribution < 1.29 is 13.0 Å². The first-order chi connectivity index (χ1) is 6.00. The van der Waals surface area contributed by atoms with Crippen LogP contribution in [0.15, 0.2) is 21.9 Å². The summed E-state index contributed by atoms with van der Waals surface area (Å²) < 4.78 is 34.7. The van der Waals surface area contributed by atoms with Crippen LogP contribution < -0.4 is 4.72 Å². The molecule has 1 aliphatic rings. The average Bonchev–Trinajstić information content (AvgIpc) is 2.35. The van der Waals surface area contributed by atoms with Crippen molar-refractivity contribution in [1.82, 2.24) is 4.72 Å². The Bertz CT molecular complexity index is 467. The van der Waals surface area contributed by atoms with E-state index in [-0.39, 0.29) is 4.90 Å². The molecule has 1 N–H and O–H groups in total. The fourth-order valence-corrected chi connectivity index (χ4v) is 3.18. The number of hydrogen-bond acceptors (Lipinski definition) is 3. The Hall–Kier alpha value is -0.720. The molecule has 4 nitrogen and oxygen atoms in total. The summed E-state index contributed by atoms with van der Waals surface area (Å²) in [5, 5.41) is 0. The average molecular weight is 216 g/mol. The van der Waals surface area contributed by atoms with E-state index in [4.69, 9.17) is 4.55 Å². The molecule has 0 saturated carbocycles. The highest BCUT2D eigenvalue weighted by Crippen LogP contribution is 2.42. The summed E-state index contributed by atoms with van der Waals surface area (Å²) >= 11 is 1.08. The second-order valence-electron chi connectivity index (χ2n) is 2.72. The van der Waals surface area contributed by atoms with E-state index in [1.54, 1.807) is 19.1 Å². The van der Waals surface area contributed by atoms with E-state index in [9.17, 15) is 8.42 Å². The monoisotopic (exact) mass is 216 g/mol. The van der Waals surface area contributed by atoms with Crippen LogP contribution in [-0.2, 0) is 10.1 Å². The van der Waals surface area contributed by atoms with Crippen molar-refractivity contribution in [1.29, 1.82) is 0 Å². The molecule has 2 rings (SSSR count). The van der Waals surface area contributed by atoms with E-state index < -0.39 is 10.1 Å². The second kappa shape index (κ2) is 2.63. The predicted molar refractivity (Wildman–Crippen MR) is 48.6 cm³/mol. The lowest BCUT2D eigenvalue weighted by Gasteiger charge is -2.00. The fourth-order valence-electron chi connectivity index (χ4n) is 1.18. The third-order valence-corrected chi connectivity index (χ3v) is 3.84. The van der Waals surface area contributed by atoms with Gasteiger partial charge in [-0.15, -0.1) is 0 Å². The maximum Gasteiger partial charge on any atom is 0.297 e. The minimum Gasteiger partial charge on any atom is -0.282 e. The van der Waals surface area contributed by atoms with Gasteiger partial charge in [0.05, 0.1) is 10.6 Å². The number of benzene rings is 1. The van der Waals surface area contributed by atoms with E-state index in [1.807, 2.05) is 0 Å². The number of fused-ring (bicyclic) bond motifs is 2. The first-order valence-corrected chi connectivity index (χ1v) is 5.70.